The topological polar surface area (TPSA) is 122 Å². The summed E-state index contributed by atoms with van der Waals surface area (Å²) < 4.78 is 0. The van der Waals surface area contributed by atoms with Crippen molar-refractivity contribution in [3.8, 4) is 0 Å². The summed E-state index contributed by atoms with van der Waals surface area (Å²) >= 11 is 1.66. The van der Waals surface area contributed by atoms with Gasteiger partial charge in [0.25, 0.3) is 5.91 Å². The van der Waals surface area contributed by atoms with Crippen LogP contribution in [0, 0.1) is 0 Å². The van der Waals surface area contributed by atoms with Gasteiger partial charge in [-0.05, 0) is 49.1 Å². The van der Waals surface area contributed by atoms with Crippen molar-refractivity contribution in [2.75, 3.05) is 11.6 Å². The van der Waals surface area contributed by atoms with Crippen LogP contribution >= 0.6 is 11.8 Å². The molecule has 138 valence electrons. The summed E-state index contributed by atoms with van der Waals surface area (Å²) in [7, 11) is 0. The minimum absolute atomic E-state index is 0.0961. The quantitative estimate of drug-likeness (QED) is 0.235. The Morgan fingerprint density at radius 1 is 1.07 bits per heavy atom. The van der Waals surface area contributed by atoms with E-state index in [1.807, 2.05) is 42.7 Å². The first-order valence-electron chi connectivity index (χ1n) is 8.18. The summed E-state index contributed by atoms with van der Waals surface area (Å²) in [6.45, 7) is 1.80. The lowest BCUT2D eigenvalue weighted by Gasteiger charge is -2.05. The van der Waals surface area contributed by atoms with Crippen LogP contribution in [-0.4, -0.2) is 28.8 Å². The molecule has 0 unspecified atom stereocenters. The van der Waals surface area contributed by atoms with Crippen molar-refractivity contribution in [2.45, 2.75) is 11.8 Å². The van der Waals surface area contributed by atoms with Gasteiger partial charge in [0.15, 0.2) is 0 Å². The second-order valence-electron chi connectivity index (χ2n) is 5.88. The smallest absolute Gasteiger partial charge is 0.272 e. The number of carbonyl (C=O) groups excluding carboxylic acids is 1. The van der Waals surface area contributed by atoms with Gasteiger partial charge in [-0.3, -0.25) is 4.79 Å². The Balaban J connectivity index is 1.74. The minimum Gasteiger partial charge on any atom is -0.369 e. The van der Waals surface area contributed by atoms with Crippen molar-refractivity contribution in [2.24, 2.45) is 21.7 Å². The number of guanidine groups is 1. The van der Waals surface area contributed by atoms with Gasteiger partial charge in [0.05, 0.1) is 5.71 Å². The fourth-order valence-corrected chi connectivity index (χ4v) is 2.98. The third-order valence-electron chi connectivity index (χ3n) is 3.95. The van der Waals surface area contributed by atoms with Crippen molar-refractivity contribution in [3.05, 3.63) is 59.8 Å². The summed E-state index contributed by atoms with van der Waals surface area (Å²) in [6.07, 6.45) is 2.02. The number of rotatable bonds is 5. The van der Waals surface area contributed by atoms with Gasteiger partial charge in [0.2, 0.25) is 5.96 Å². The zero-order valence-corrected chi connectivity index (χ0v) is 15.8. The Morgan fingerprint density at radius 2 is 1.81 bits per heavy atom. The van der Waals surface area contributed by atoms with E-state index in [4.69, 9.17) is 11.5 Å². The van der Waals surface area contributed by atoms with E-state index < -0.39 is 0 Å². The van der Waals surface area contributed by atoms with Crippen molar-refractivity contribution >= 4 is 45.9 Å². The maximum Gasteiger partial charge on any atom is 0.272 e. The lowest BCUT2D eigenvalue weighted by Crippen LogP contribution is -2.22. The van der Waals surface area contributed by atoms with E-state index in [2.05, 4.69) is 20.5 Å². The van der Waals surface area contributed by atoms with Crippen LogP contribution in [0.15, 0.2) is 63.6 Å². The Bertz CT molecular complexity index is 1030. The number of hydrogen-bond donors (Lipinski definition) is 4. The number of nitrogens with one attached hydrogen (secondary N) is 2. The molecule has 0 bridgehead atoms. The first-order valence-corrected chi connectivity index (χ1v) is 9.40. The highest BCUT2D eigenvalue weighted by atomic mass is 32.2. The molecule has 3 aromatic rings. The van der Waals surface area contributed by atoms with Crippen molar-refractivity contribution in [1.29, 1.82) is 0 Å². The van der Waals surface area contributed by atoms with Crippen LogP contribution < -0.4 is 16.8 Å². The van der Waals surface area contributed by atoms with Gasteiger partial charge in [-0.2, -0.15) is 5.10 Å². The summed E-state index contributed by atoms with van der Waals surface area (Å²) in [4.78, 5) is 16.8. The molecule has 0 aliphatic heterocycles. The van der Waals surface area contributed by atoms with Crippen LogP contribution in [0.25, 0.3) is 10.9 Å². The number of thioether (sulfide) groups is 1. The van der Waals surface area contributed by atoms with Crippen LogP contribution in [0.1, 0.15) is 23.0 Å². The molecule has 1 aromatic heterocycles. The van der Waals surface area contributed by atoms with Gasteiger partial charge in [-0.1, -0.05) is 18.2 Å². The number of anilines is 1. The van der Waals surface area contributed by atoms with E-state index in [-0.39, 0.29) is 11.9 Å². The van der Waals surface area contributed by atoms with Gasteiger partial charge in [-0.25, -0.2) is 0 Å². The van der Waals surface area contributed by atoms with Gasteiger partial charge in [0, 0.05) is 21.5 Å². The number of nitrogens with two attached hydrogens (primary N) is 2. The molecule has 0 aliphatic rings. The lowest BCUT2D eigenvalue weighted by atomic mass is 10.1. The van der Waals surface area contributed by atoms with E-state index in [9.17, 15) is 4.79 Å². The van der Waals surface area contributed by atoms with Gasteiger partial charge >= 0.3 is 0 Å². The third-order valence-corrected chi connectivity index (χ3v) is 4.68. The number of fused-ring (bicyclic) bond motifs is 1. The number of hydrogen-bond acceptors (Lipinski definition) is 4. The van der Waals surface area contributed by atoms with Gasteiger partial charge in [-0.15, -0.1) is 16.9 Å². The molecule has 0 radical (unpaired) electrons. The number of amides is 1. The Labute approximate surface area is 160 Å². The maximum atomic E-state index is 12.5. The highest BCUT2D eigenvalue weighted by Crippen LogP contribution is 2.23. The molecular weight excluding hydrogens is 360 g/mol. The molecule has 0 fully saturated rings. The summed E-state index contributed by atoms with van der Waals surface area (Å²) in [6, 6.07) is 15.2. The lowest BCUT2D eigenvalue weighted by molar-refractivity contribution is 0.102. The average molecular weight is 380 g/mol. The number of benzene rings is 2. The molecule has 8 heteroatoms. The van der Waals surface area contributed by atoms with E-state index in [1.54, 1.807) is 30.8 Å². The number of carbonyl (C=O) groups is 1. The Kier molecular flexibility index (Phi) is 5.46. The molecule has 1 heterocycles. The van der Waals surface area contributed by atoms with Crippen molar-refractivity contribution < 1.29 is 4.79 Å². The Hall–Kier alpha value is -3.26. The van der Waals surface area contributed by atoms with E-state index in [0.29, 0.717) is 17.1 Å². The van der Waals surface area contributed by atoms with Gasteiger partial charge in [0.1, 0.15) is 5.69 Å². The summed E-state index contributed by atoms with van der Waals surface area (Å²) in [5.41, 5.74) is 14.2. The highest BCUT2D eigenvalue weighted by Gasteiger charge is 2.10. The molecule has 0 aliphatic carbocycles. The number of aromatic amines is 1. The van der Waals surface area contributed by atoms with Crippen LogP contribution in [0.2, 0.25) is 0 Å². The molecule has 1 amide bonds. The number of nitrogens with zero attached hydrogens (tertiary/aromatic N) is 2. The standard InChI is InChI=1S/C19H20N6OS/c1-11(24-25-19(20)21)12-3-6-14(7-4-12)22-18(26)17-9-13-5-8-15(27-2)10-16(13)23-17/h3-10,23H,1-2H3,(H,22,26)(H4,20,21,25)/b24-11-. The Morgan fingerprint density at radius 3 is 2.48 bits per heavy atom. The molecule has 0 spiro atoms. The van der Waals surface area contributed by atoms with E-state index >= 15 is 0 Å². The molecule has 27 heavy (non-hydrogen) atoms. The maximum absolute atomic E-state index is 12.5. The van der Waals surface area contributed by atoms with E-state index in [1.165, 1.54) is 0 Å². The van der Waals surface area contributed by atoms with E-state index in [0.717, 1.165) is 21.4 Å². The fourth-order valence-electron chi connectivity index (χ4n) is 2.54. The van der Waals surface area contributed by atoms with Crippen molar-refractivity contribution in [1.82, 2.24) is 4.98 Å². The summed E-state index contributed by atoms with van der Waals surface area (Å²) in [5, 5.41) is 11.4. The predicted octanol–water partition coefficient (Wildman–Crippen LogP) is 3.14. The normalized spacial score (nSPS) is 11.4. The first-order chi connectivity index (χ1) is 13.0. The minimum atomic E-state index is -0.199. The average Bonchev–Trinajstić information content (AvgIpc) is 3.10. The van der Waals surface area contributed by atoms with Crippen molar-refractivity contribution in [3.63, 3.8) is 0 Å². The zero-order valence-electron chi connectivity index (χ0n) is 15.0. The predicted molar refractivity (Wildman–Crippen MR) is 112 cm³/mol. The second kappa shape index (κ2) is 7.96. The molecular formula is C19H20N6OS. The van der Waals surface area contributed by atoms with Crippen LogP contribution in [0.5, 0.6) is 0 Å². The van der Waals surface area contributed by atoms with Crippen LogP contribution in [0.4, 0.5) is 5.69 Å². The first kappa shape index (κ1) is 18.5. The molecule has 0 saturated heterocycles. The molecule has 2 aromatic carbocycles. The van der Waals surface area contributed by atoms with Crippen LogP contribution in [0.3, 0.4) is 0 Å². The number of aromatic nitrogens is 1. The highest BCUT2D eigenvalue weighted by molar-refractivity contribution is 7.98. The zero-order chi connectivity index (χ0) is 19.4. The molecule has 0 atom stereocenters. The second-order valence-corrected chi connectivity index (χ2v) is 6.76. The fraction of sp³-hybridized carbons (Fsp3) is 0.105. The van der Waals surface area contributed by atoms with Gasteiger partial charge < -0.3 is 21.8 Å². The molecule has 0 saturated carbocycles. The van der Waals surface area contributed by atoms with Crippen LogP contribution in [-0.2, 0) is 0 Å². The SMILES string of the molecule is CSc1ccc2cc(C(=O)Nc3ccc(/C(C)=N\N=C(N)N)cc3)[nH]c2c1. The summed E-state index contributed by atoms with van der Waals surface area (Å²) in [5.74, 6) is -0.295. The molecule has 3 rings (SSSR count). The molecule has 7 nitrogen and oxygen atoms in total. The number of H-pyrrole nitrogens is 1. The monoisotopic (exact) mass is 380 g/mol. The largest absolute Gasteiger partial charge is 0.369 e. The molecule has 6 N–H and O–H groups in total. The third kappa shape index (κ3) is 4.48.